The Bertz CT molecular complexity index is 1090. The van der Waals surface area contributed by atoms with Gasteiger partial charge in [-0.1, -0.05) is 66.2 Å². The van der Waals surface area contributed by atoms with Crippen molar-refractivity contribution in [2.75, 3.05) is 13.7 Å². The highest BCUT2D eigenvalue weighted by Gasteiger charge is 2.30. The normalized spacial score (nSPS) is 12.5. The zero-order valence-corrected chi connectivity index (χ0v) is 19.3. The lowest BCUT2D eigenvalue weighted by molar-refractivity contribution is 0.0896. The Labute approximate surface area is 191 Å². The predicted molar refractivity (Wildman–Crippen MR) is 127 cm³/mol. The summed E-state index contributed by atoms with van der Waals surface area (Å²) < 4.78 is 39.7. The molecule has 32 heavy (non-hydrogen) atoms. The molecule has 0 fully saturated rings. The molecule has 0 saturated heterocycles. The van der Waals surface area contributed by atoms with E-state index in [9.17, 15) is 8.42 Å². The summed E-state index contributed by atoms with van der Waals surface area (Å²) in [6.07, 6.45) is 1.63. The molecule has 168 valence electrons. The smallest absolute Gasteiger partial charge is 0.243 e. The van der Waals surface area contributed by atoms with Gasteiger partial charge in [-0.3, -0.25) is 0 Å². The predicted octanol–water partition coefficient (Wildman–Crippen LogP) is 4.97. The van der Waals surface area contributed by atoms with Gasteiger partial charge in [-0.25, -0.2) is 8.42 Å². The van der Waals surface area contributed by atoms with Crippen molar-refractivity contribution in [1.29, 1.82) is 0 Å². The first-order chi connectivity index (χ1) is 15.4. The Hall–Kier alpha value is -2.93. The largest absolute Gasteiger partial charge is 0.497 e. The second-order valence-corrected chi connectivity index (χ2v) is 9.41. The number of sulfonamides is 1. The van der Waals surface area contributed by atoms with Crippen molar-refractivity contribution in [1.82, 2.24) is 4.31 Å². The molecule has 0 saturated carbocycles. The molecule has 0 radical (unpaired) electrons. The van der Waals surface area contributed by atoms with Gasteiger partial charge in [0.2, 0.25) is 10.0 Å². The number of benzene rings is 3. The van der Waals surface area contributed by atoms with Crippen LogP contribution in [-0.4, -0.2) is 32.5 Å². The van der Waals surface area contributed by atoms with Gasteiger partial charge in [0.05, 0.1) is 31.3 Å². The van der Waals surface area contributed by atoms with Crippen molar-refractivity contribution >= 4 is 10.0 Å². The van der Waals surface area contributed by atoms with Gasteiger partial charge in [0.15, 0.2) is 0 Å². The van der Waals surface area contributed by atoms with E-state index in [4.69, 9.17) is 9.47 Å². The lowest BCUT2D eigenvalue weighted by Crippen LogP contribution is -2.41. The standard InChI is InChI=1S/C26H29NO4S/c1-4-24(20-31-19-23-8-6-5-7-9-23)27(18-22-12-14-25(30-3)15-13-22)32(28,29)26-16-10-21(2)11-17-26/h4-17,24H,1,18-20H2,2-3H3/t24-/m0/s1. The van der Waals surface area contributed by atoms with Crippen LogP contribution in [-0.2, 0) is 27.9 Å². The summed E-state index contributed by atoms with van der Waals surface area (Å²) in [5.74, 6) is 0.716. The first-order valence-corrected chi connectivity index (χ1v) is 11.8. The maximum Gasteiger partial charge on any atom is 0.243 e. The summed E-state index contributed by atoms with van der Waals surface area (Å²) in [6, 6.07) is 23.5. The van der Waals surface area contributed by atoms with Gasteiger partial charge in [-0.05, 0) is 42.3 Å². The van der Waals surface area contributed by atoms with E-state index < -0.39 is 16.1 Å². The maximum atomic E-state index is 13.6. The Balaban J connectivity index is 1.86. The van der Waals surface area contributed by atoms with Crippen LogP contribution in [0.1, 0.15) is 16.7 Å². The minimum Gasteiger partial charge on any atom is -0.497 e. The summed E-state index contributed by atoms with van der Waals surface area (Å²) in [5.41, 5.74) is 2.87. The highest BCUT2D eigenvalue weighted by atomic mass is 32.2. The molecular formula is C26H29NO4S. The van der Waals surface area contributed by atoms with Crippen molar-refractivity contribution in [3.63, 3.8) is 0 Å². The van der Waals surface area contributed by atoms with Gasteiger partial charge < -0.3 is 9.47 Å². The molecular weight excluding hydrogens is 422 g/mol. The number of hydrogen-bond acceptors (Lipinski definition) is 4. The van der Waals surface area contributed by atoms with E-state index in [2.05, 4.69) is 6.58 Å². The molecule has 3 aromatic carbocycles. The van der Waals surface area contributed by atoms with Crippen molar-refractivity contribution in [3.8, 4) is 5.75 Å². The average molecular weight is 452 g/mol. The first-order valence-electron chi connectivity index (χ1n) is 10.4. The van der Waals surface area contributed by atoms with Crippen LogP contribution in [0.2, 0.25) is 0 Å². The quantitative estimate of drug-likeness (QED) is 0.387. The fraction of sp³-hybridized carbons (Fsp3) is 0.231. The first kappa shape index (κ1) is 23.7. The van der Waals surface area contributed by atoms with Crippen LogP contribution in [0.4, 0.5) is 0 Å². The molecule has 1 atom stereocenters. The minimum absolute atomic E-state index is 0.186. The van der Waals surface area contributed by atoms with E-state index in [1.807, 2.05) is 61.5 Å². The summed E-state index contributed by atoms with van der Waals surface area (Å²) in [5, 5.41) is 0. The van der Waals surface area contributed by atoms with Crippen LogP contribution in [0, 0.1) is 6.92 Å². The Morgan fingerprint density at radius 1 is 0.938 bits per heavy atom. The van der Waals surface area contributed by atoms with E-state index in [-0.39, 0.29) is 18.0 Å². The topological polar surface area (TPSA) is 55.8 Å². The van der Waals surface area contributed by atoms with Gasteiger partial charge >= 0.3 is 0 Å². The van der Waals surface area contributed by atoms with E-state index >= 15 is 0 Å². The fourth-order valence-corrected chi connectivity index (χ4v) is 4.85. The molecule has 0 unspecified atom stereocenters. The number of methoxy groups -OCH3 is 1. The highest BCUT2D eigenvalue weighted by molar-refractivity contribution is 7.89. The lowest BCUT2D eigenvalue weighted by atomic mass is 10.2. The molecule has 0 aliphatic heterocycles. The Morgan fingerprint density at radius 3 is 2.19 bits per heavy atom. The molecule has 3 aromatic rings. The summed E-state index contributed by atoms with van der Waals surface area (Å²) in [4.78, 5) is 0.242. The van der Waals surface area contributed by atoms with Crippen molar-refractivity contribution in [2.45, 2.75) is 31.0 Å². The van der Waals surface area contributed by atoms with Gasteiger partial charge in [0.25, 0.3) is 0 Å². The molecule has 0 N–H and O–H groups in total. The van der Waals surface area contributed by atoms with E-state index in [0.29, 0.717) is 12.4 Å². The lowest BCUT2D eigenvalue weighted by Gasteiger charge is -2.29. The van der Waals surface area contributed by atoms with E-state index in [0.717, 1.165) is 16.7 Å². The monoisotopic (exact) mass is 451 g/mol. The number of rotatable bonds is 11. The van der Waals surface area contributed by atoms with Gasteiger partial charge in [-0.2, -0.15) is 4.31 Å². The maximum absolute atomic E-state index is 13.6. The number of ether oxygens (including phenoxy) is 2. The summed E-state index contributed by atoms with van der Waals surface area (Å²) in [6.45, 7) is 6.59. The second kappa shape index (κ2) is 11.1. The summed E-state index contributed by atoms with van der Waals surface area (Å²) in [7, 11) is -2.19. The minimum atomic E-state index is -3.79. The van der Waals surface area contributed by atoms with Crippen LogP contribution in [0.15, 0.2) is 96.4 Å². The molecule has 0 spiro atoms. The number of hydrogen-bond donors (Lipinski definition) is 0. The van der Waals surface area contributed by atoms with Gasteiger partial charge in [0, 0.05) is 6.54 Å². The molecule has 0 heterocycles. The Kier molecular flexibility index (Phi) is 8.22. The third-order valence-corrected chi connectivity index (χ3v) is 7.05. The molecule has 0 aliphatic rings. The average Bonchev–Trinajstić information content (AvgIpc) is 2.82. The molecule has 0 aliphatic carbocycles. The van der Waals surface area contributed by atoms with Gasteiger partial charge in [-0.15, -0.1) is 6.58 Å². The SMILES string of the molecule is C=C[C@@H](COCc1ccccc1)N(Cc1ccc(OC)cc1)S(=O)(=O)c1ccc(C)cc1. The Morgan fingerprint density at radius 2 is 1.59 bits per heavy atom. The summed E-state index contributed by atoms with van der Waals surface area (Å²) >= 11 is 0. The van der Waals surface area contributed by atoms with Crippen LogP contribution < -0.4 is 4.74 Å². The molecule has 0 aromatic heterocycles. The third kappa shape index (κ3) is 6.07. The third-order valence-electron chi connectivity index (χ3n) is 5.17. The highest BCUT2D eigenvalue weighted by Crippen LogP contribution is 2.24. The van der Waals surface area contributed by atoms with E-state index in [1.54, 1.807) is 37.5 Å². The second-order valence-electron chi connectivity index (χ2n) is 7.52. The van der Waals surface area contributed by atoms with Gasteiger partial charge in [0.1, 0.15) is 5.75 Å². The van der Waals surface area contributed by atoms with Crippen LogP contribution in [0.3, 0.4) is 0 Å². The van der Waals surface area contributed by atoms with Crippen molar-refractivity contribution in [3.05, 3.63) is 108 Å². The molecule has 0 amide bonds. The number of nitrogens with zero attached hydrogens (tertiary/aromatic N) is 1. The van der Waals surface area contributed by atoms with Crippen molar-refractivity contribution in [2.24, 2.45) is 0 Å². The molecule has 6 heteroatoms. The fourth-order valence-electron chi connectivity index (χ4n) is 3.28. The zero-order chi connectivity index (χ0) is 23.0. The van der Waals surface area contributed by atoms with Crippen LogP contribution >= 0.6 is 0 Å². The van der Waals surface area contributed by atoms with Crippen molar-refractivity contribution < 1.29 is 17.9 Å². The molecule has 0 bridgehead atoms. The molecule has 3 rings (SSSR count). The van der Waals surface area contributed by atoms with Crippen LogP contribution in [0.25, 0.3) is 0 Å². The van der Waals surface area contributed by atoms with Crippen LogP contribution in [0.5, 0.6) is 5.75 Å². The molecule has 5 nitrogen and oxygen atoms in total. The van der Waals surface area contributed by atoms with E-state index in [1.165, 1.54) is 4.31 Å². The zero-order valence-electron chi connectivity index (χ0n) is 18.5. The number of aryl methyl sites for hydroxylation is 1.